The van der Waals surface area contributed by atoms with Crippen molar-refractivity contribution in [3.8, 4) is 0 Å². The van der Waals surface area contributed by atoms with E-state index in [-0.39, 0.29) is 17.3 Å². The number of anilines is 3. The van der Waals surface area contributed by atoms with Gasteiger partial charge < -0.3 is 10.7 Å². The molecule has 7 nitrogen and oxygen atoms in total. The van der Waals surface area contributed by atoms with Gasteiger partial charge in [0.2, 0.25) is 0 Å². The second kappa shape index (κ2) is 5.91. The normalized spacial score (nSPS) is 10.2. The summed E-state index contributed by atoms with van der Waals surface area (Å²) in [5, 5.41) is 14.5. The fraction of sp³-hybridized carbons (Fsp3) is 0. The van der Waals surface area contributed by atoms with Gasteiger partial charge in [0.05, 0.1) is 27.1 Å². The fourth-order valence-corrected chi connectivity index (χ4v) is 1.78. The average Bonchev–Trinajstić information content (AvgIpc) is 2.42. The molecular weight excluding hydrogens is 305 g/mol. The van der Waals surface area contributed by atoms with Crippen LogP contribution in [-0.2, 0) is 0 Å². The number of pyridine rings is 1. The number of nitrogens with two attached hydrogens (primary N) is 1. The van der Waals surface area contributed by atoms with Crippen LogP contribution in [0.25, 0.3) is 0 Å². The minimum atomic E-state index is -0.539. The van der Waals surface area contributed by atoms with Gasteiger partial charge in [-0.3, -0.25) is 10.1 Å². The van der Waals surface area contributed by atoms with E-state index in [0.717, 1.165) is 0 Å². The maximum absolute atomic E-state index is 10.8. The highest BCUT2D eigenvalue weighted by Gasteiger charge is 2.11. The van der Waals surface area contributed by atoms with E-state index in [2.05, 4.69) is 15.7 Å². The number of nitrogens with zero attached hydrogens (tertiary/aromatic N) is 2. The van der Waals surface area contributed by atoms with Crippen molar-refractivity contribution in [2.24, 2.45) is 5.84 Å². The number of nitrogen functional groups attached to an aromatic ring is 1. The molecule has 0 aliphatic carbocycles. The Morgan fingerprint density at radius 3 is 2.45 bits per heavy atom. The lowest BCUT2D eigenvalue weighted by molar-refractivity contribution is -0.384. The zero-order valence-corrected chi connectivity index (χ0v) is 11.4. The van der Waals surface area contributed by atoms with Crippen LogP contribution in [0.3, 0.4) is 0 Å². The first-order chi connectivity index (χ1) is 9.49. The summed E-state index contributed by atoms with van der Waals surface area (Å²) in [6.07, 6.45) is 0. The molecule has 0 aliphatic heterocycles. The molecule has 0 radical (unpaired) electrons. The van der Waals surface area contributed by atoms with Crippen LogP contribution in [-0.4, -0.2) is 9.91 Å². The van der Waals surface area contributed by atoms with E-state index in [1.165, 1.54) is 12.1 Å². The van der Waals surface area contributed by atoms with E-state index in [0.29, 0.717) is 15.7 Å². The van der Waals surface area contributed by atoms with Crippen molar-refractivity contribution in [2.75, 3.05) is 10.7 Å². The number of nitrogens with one attached hydrogen (secondary N) is 2. The van der Waals surface area contributed by atoms with Gasteiger partial charge in [-0.15, -0.1) is 0 Å². The molecule has 1 heterocycles. The van der Waals surface area contributed by atoms with Gasteiger partial charge in [0, 0.05) is 5.69 Å². The smallest absolute Gasteiger partial charge is 0.276 e. The van der Waals surface area contributed by atoms with Crippen LogP contribution in [0.2, 0.25) is 10.0 Å². The summed E-state index contributed by atoms with van der Waals surface area (Å²) in [6, 6.07) is 7.36. The Morgan fingerprint density at radius 1 is 1.15 bits per heavy atom. The van der Waals surface area contributed by atoms with E-state index in [1.54, 1.807) is 18.2 Å². The number of hydrogen-bond acceptors (Lipinski definition) is 6. The minimum absolute atomic E-state index is 0.143. The average molecular weight is 314 g/mol. The molecule has 0 unspecified atom stereocenters. The zero-order valence-electron chi connectivity index (χ0n) is 9.93. The zero-order chi connectivity index (χ0) is 14.7. The summed E-state index contributed by atoms with van der Waals surface area (Å²) in [6.45, 7) is 0. The van der Waals surface area contributed by atoms with Crippen LogP contribution < -0.4 is 16.6 Å². The van der Waals surface area contributed by atoms with Gasteiger partial charge in [-0.25, -0.2) is 10.8 Å². The van der Waals surface area contributed by atoms with Gasteiger partial charge in [-0.05, 0) is 18.2 Å². The first-order valence-electron chi connectivity index (χ1n) is 5.35. The molecule has 2 rings (SSSR count). The van der Waals surface area contributed by atoms with Crippen LogP contribution in [0, 0.1) is 10.1 Å². The van der Waals surface area contributed by atoms with Crippen molar-refractivity contribution >= 4 is 46.2 Å². The molecule has 0 fully saturated rings. The standard InChI is InChI=1S/C11H9Cl2N5O2/c12-8-2-1-6(3-9(8)13)15-10-4-7(18(19)20)5-11(16-10)17-14/h1-5H,14H2,(H2,15,16,17). The Balaban J connectivity index is 2.34. The number of halogens is 2. The maximum atomic E-state index is 10.8. The highest BCUT2D eigenvalue weighted by Crippen LogP contribution is 2.28. The van der Waals surface area contributed by atoms with Gasteiger partial charge in [0.25, 0.3) is 5.69 Å². The van der Waals surface area contributed by atoms with E-state index in [9.17, 15) is 10.1 Å². The Hall–Kier alpha value is -2.09. The molecular formula is C11H9Cl2N5O2. The van der Waals surface area contributed by atoms with Crippen LogP contribution in [0.4, 0.5) is 23.0 Å². The van der Waals surface area contributed by atoms with Crippen LogP contribution >= 0.6 is 23.2 Å². The van der Waals surface area contributed by atoms with Gasteiger partial charge in [0.1, 0.15) is 11.6 Å². The van der Waals surface area contributed by atoms with E-state index in [1.807, 2.05) is 0 Å². The third kappa shape index (κ3) is 3.27. The Morgan fingerprint density at radius 2 is 1.85 bits per heavy atom. The fourth-order valence-electron chi connectivity index (χ4n) is 1.48. The summed E-state index contributed by atoms with van der Waals surface area (Å²) in [4.78, 5) is 14.3. The third-order valence-corrected chi connectivity index (χ3v) is 3.10. The van der Waals surface area contributed by atoms with Crippen molar-refractivity contribution < 1.29 is 4.92 Å². The van der Waals surface area contributed by atoms with Gasteiger partial charge in [0.15, 0.2) is 0 Å². The predicted molar refractivity (Wildman–Crippen MR) is 78.4 cm³/mol. The topological polar surface area (TPSA) is 106 Å². The van der Waals surface area contributed by atoms with Crippen molar-refractivity contribution in [1.82, 2.24) is 4.98 Å². The highest BCUT2D eigenvalue weighted by molar-refractivity contribution is 6.42. The molecule has 0 saturated carbocycles. The molecule has 0 amide bonds. The van der Waals surface area contributed by atoms with E-state index in [4.69, 9.17) is 29.0 Å². The number of aromatic nitrogens is 1. The number of nitro groups is 1. The molecule has 1 aromatic carbocycles. The Labute approximate surface area is 123 Å². The van der Waals surface area contributed by atoms with Crippen molar-refractivity contribution in [1.29, 1.82) is 0 Å². The van der Waals surface area contributed by atoms with Crippen LogP contribution in [0.5, 0.6) is 0 Å². The largest absolute Gasteiger partial charge is 0.340 e. The molecule has 0 saturated heterocycles. The number of rotatable bonds is 4. The molecule has 0 aliphatic rings. The molecule has 0 spiro atoms. The molecule has 0 atom stereocenters. The Kier molecular flexibility index (Phi) is 4.23. The monoisotopic (exact) mass is 313 g/mol. The second-order valence-corrected chi connectivity index (χ2v) is 4.57. The molecule has 9 heteroatoms. The lowest BCUT2D eigenvalue weighted by atomic mass is 10.3. The Bertz CT molecular complexity index is 665. The van der Waals surface area contributed by atoms with E-state index < -0.39 is 4.92 Å². The molecule has 4 N–H and O–H groups in total. The van der Waals surface area contributed by atoms with Crippen molar-refractivity contribution in [2.45, 2.75) is 0 Å². The van der Waals surface area contributed by atoms with Gasteiger partial charge in [-0.2, -0.15) is 0 Å². The summed E-state index contributed by atoms with van der Waals surface area (Å²) >= 11 is 11.7. The van der Waals surface area contributed by atoms with E-state index >= 15 is 0 Å². The third-order valence-electron chi connectivity index (χ3n) is 2.36. The van der Waals surface area contributed by atoms with Crippen molar-refractivity contribution in [3.63, 3.8) is 0 Å². The second-order valence-electron chi connectivity index (χ2n) is 3.75. The maximum Gasteiger partial charge on any atom is 0.276 e. The van der Waals surface area contributed by atoms with Crippen LogP contribution in [0.15, 0.2) is 30.3 Å². The molecule has 104 valence electrons. The predicted octanol–water partition coefficient (Wildman–Crippen LogP) is 3.33. The molecule has 20 heavy (non-hydrogen) atoms. The van der Waals surface area contributed by atoms with Crippen molar-refractivity contribution in [3.05, 3.63) is 50.5 Å². The number of benzene rings is 1. The summed E-state index contributed by atoms with van der Waals surface area (Å²) in [7, 11) is 0. The van der Waals surface area contributed by atoms with Gasteiger partial charge >= 0.3 is 0 Å². The lowest BCUT2D eigenvalue weighted by Crippen LogP contribution is -2.10. The summed E-state index contributed by atoms with van der Waals surface area (Å²) in [5.74, 6) is 5.65. The van der Waals surface area contributed by atoms with Crippen LogP contribution in [0.1, 0.15) is 0 Å². The molecule has 0 bridgehead atoms. The quantitative estimate of drug-likeness (QED) is 0.454. The van der Waals surface area contributed by atoms with Gasteiger partial charge in [-0.1, -0.05) is 23.2 Å². The number of hydrogen-bond donors (Lipinski definition) is 3. The highest BCUT2D eigenvalue weighted by atomic mass is 35.5. The minimum Gasteiger partial charge on any atom is -0.340 e. The SMILES string of the molecule is NNc1cc([N+](=O)[O-])cc(Nc2ccc(Cl)c(Cl)c2)n1. The molecule has 2 aromatic rings. The first kappa shape index (κ1) is 14.3. The molecule has 1 aromatic heterocycles. The summed E-state index contributed by atoms with van der Waals surface area (Å²) in [5.41, 5.74) is 2.72. The lowest BCUT2D eigenvalue weighted by Gasteiger charge is -2.08. The number of hydrazine groups is 1. The first-order valence-corrected chi connectivity index (χ1v) is 6.10. The summed E-state index contributed by atoms with van der Waals surface area (Å²) < 4.78 is 0.